The predicted octanol–water partition coefficient (Wildman–Crippen LogP) is 1.34. The van der Waals surface area contributed by atoms with Gasteiger partial charge in [0.05, 0.1) is 13.2 Å². The first-order valence-corrected chi connectivity index (χ1v) is 6.28. The lowest BCUT2D eigenvalue weighted by atomic mass is 10.1. The summed E-state index contributed by atoms with van der Waals surface area (Å²) in [6.07, 6.45) is 0.343. The number of aliphatic hydroxyl groups is 1. The van der Waals surface area contributed by atoms with E-state index in [0.717, 1.165) is 0 Å². The molecule has 1 aromatic carbocycles. The Balaban J connectivity index is 2.44. The molecular weight excluding hydrogens is 249 g/mol. The summed E-state index contributed by atoms with van der Waals surface area (Å²) in [4.78, 5) is 13.9. The summed E-state index contributed by atoms with van der Waals surface area (Å²) in [6.45, 7) is 2.35. The minimum Gasteiger partial charge on any atom is -0.395 e. The molecule has 0 unspecified atom stereocenters. The lowest BCUT2D eigenvalue weighted by Gasteiger charge is -2.20. The van der Waals surface area contributed by atoms with Gasteiger partial charge in [0.25, 0.3) is 0 Å². The van der Waals surface area contributed by atoms with E-state index in [1.807, 2.05) is 4.90 Å². The van der Waals surface area contributed by atoms with Gasteiger partial charge in [-0.1, -0.05) is 0 Å². The Labute approximate surface area is 112 Å². The van der Waals surface area contributed by atoms with Crippen molar-refractivity contribution in [2.45, 2.75) is 6.42 Å². The summed E-state index contributed by atoms with van der Waals surface area (Å²) in [5, 5.41) is 8.94. The van der Waals surface area contributed by atoms with Gasteiger partial charge < -0.3 is 9.84 Å². The summed E-state index contributed by atoms with van der Waals surface area (Å²) in [6, 6.07) is 5.54. The molecule has 1 aromatic rings. The highest BCUT2D eigenvalue weighted by molar-refractivity contribution is 5.96. The SMILES string of the molecule is COCCN(CCO)CCC(=O)c1ccc(F)cc1. The number of carbonyl (C=O) groups excluding carboxylic acids is 1. The summed E-state index contributed by atoms with van der Waals surface area (Å²) < 4.78 is 17.7. The molecule has 0 saturated heterocycles. The Kier molecular flexibility index (Phi) is 7.25. The third-order valence-corrected chi connectivity index (χ3v) is 2.85. The number of hydrogen-bond acceptors (Lipinski definition) is 4. The van der Waals surface area contributed by atoms with Crippen molar-refractivity contribution < 1.29 is 19.0 Å². The smallest absolute Gasteiger partial charge is 0.164 e. The number of aliphatic hydroxyl groups excluding tert-OH is 1. The van der Waals surface area contributed by atoms with Crippen LogP contribution in [-0.2, 0) is 4.74 Å². The molecule has 1 N–H and O–H groups in total. The van der Waals surface area contributed by atoms with E-state index in [2.05, 4.69) is 0 Å². The van der Waals surface area contributed by atoms with Gasteiger partial charge in [-0.25, -0.2) is 4.39 Å². The zero-order valence-corrected chi connectivity index (χ0v) is 11.1. The van der Waals surface area contributed by atoms with E-state index in [1.54, 1.807) is 7.11 Å². The monoisotopic (exact) mass is 269 g/mol. The molecule has 0 aromatic heterocycles. The molecule has 0 radical (unpaired) electrons. The van der Waals surface area contributed by atoms with Crippen LogP contribution >= 0.6 is 0 Å². The first-order chi connectivity index (χ1) is 9.17. The van der Waals surface area contributed by atoms with Crippen LogP contribution in [0.3, 0.4) is 0 Å². The van der Waals surface area contributed by atoms with Gasteiger partial charge in [0.1, 0.15) is 5.82 Å². The topological polar surface area (TPSA) is 49.8 Å². The molecule has 0 fully saturated rings. The first kappa shape index (κ1) is 15.8. The van der Waals surface area contributed by atoms with Gasteiger partial charge in [-0.3, -0.25) is 9.69 Å². The minimum atomic E-state index is -0.349. The second-order valence-corrected chi connectivity index (χ2v) is 4.24. The summed E-state index contributed by atoms with van der Waals surface area (Å²) in [7, 11) is 1.61. The van der Waals surface area contributed by atoms with Crippen LogP contribution in [0.15, 0.2) is 24.3 Å². The van der Waals surface area contributed by atoms with Crippen molar-refractivity contribution in [1.82, 2.24) is 4.90 Å². The fraction of sp³-hybridized carbons (Fsp3) is 0.500. The number of ether oxygens (including phenoxy) is 1. The van der Waals surface area contributed by atoms with Gasteiger partial charge in [-0.05, 0) is 24.3 Å². The number of methoxy groups -OCH3 is 1. The number of hydrogen-bond donors (Lipinski definition) is 1. The number of halogens is 1. The molecule has 106 valence electrons. The molecule has 0 bridgehead atoms. The van der Waals surface area contributed by atoms with Gasteiger partial charge in [-0.15, -0.1) is 0 Å². The van der Waals surface area contributed by atoms with Crippen molar-refractivity contribution in [1.29, 1.82) is 0 Å². The Morgan fingerprint density at radius 1 is 1.26 bits per heavy atom. The van der Waals surface area contributed by atoms with E-state index in [1.165, 1.54) is 24.3 Å². The van der Waals surface area contributed by atoms with Gasteiger partial charge in [0.15, 0.2) is 5.78 Å². The van der Waals surface area contributed by atoms with Gasteiger partial charge in [0, 0.05) is 38.7 Å². The molecule has 0 spiro atoms. The maximum atomic E-state index is 12.7. The molecule has 0 aliphatic heterocycles. The van der Waals surface area contributed by atoms with E-state index >= 15 is 0 Å². The second kappa shape index (κ2) is 8.74. The third kappa shape index (κ3) is 5.92. The molecule has 4 nitrogen and oxygen atoms in total. The lowest BCUT2D eigenvalue weighted by molar-refractivity contribution is 0.0933. The average Bonchev–Trinajstić information content (AvgIpc) is 2.42. The summed E-state index contributed by atoms with van der Waals surface area (Å²) in [5.41, 5.74) is 0.511. The molecular formula is C14H20FNO3. The van der Waals surface area contributed by atoms with Crippen LogP contribution in [0.2, 0.25) is 0 Å². The standard InChI is InChI=1S/C14H20FNO3/c1-19-11-9-16(8-10-17)7-6-14(18)12-2-4-13(15)5-3-12/h2-5,17H,6-11H2,1H3. The highest BCUT2D eigenvalue weighted by Gasteiger charge is 2.10. The van der Waals surface area contributed by atoms with Crippen molar-refractivity contribution in [2.75, 3.05) is 40.0 Å². The second-order valence-electron chi connectivity index (χ2n) is 4.24. The van der Waals surface area contributed by atoms with Gasteiger partial charge >= 0.3 is 0 Å². The predicted molar refractivity (Wildman–Crippen MR) is 70.7 cm³/mol. The highest BCUT2D eigenvalue weighted by Crippen LogP contribution is 2.06. The van der Waals surface area contributed by atoms with Crippen molar-refractivity contribution >= 4 is 5.78 Å². The molecule has 0 aliphatic rings. The number of nitrogens with zero attached hydrogens (tertiary/aromatic N) is 1. The molecule has 0 amide bonds. The van der Waals surface area contributed by atoms with Crippen LogP contribution in [0.25, 0.3) is 0 Å². The average molecular weight is 269 g/mol. The maximum Gasteiger partial charge on any atom is 0.164 e. The number of benzene rings is 1. The van der Waals surface area contributed by atoms with E-state index in [0.29, 0.717) is 38.2 Å². The quantitative estimate of drug-likeness (QED) is 0.687. The Hall–Kier alpha value is -1.30. The largest absolute Gasteiger partial charge is 0.395 e. The van der Waals surface area contributed by atoms with Crippen LogP contribution < -0.4 is 0 Å². The molecule has 1 rings (SSSR count). The van der Waals surface area contributed by atoms with Crippen molar-refractivity contribution in [3.63, 3.8) is 0 Å². The molecule has 5 heteroatoms. The van der Waals surface area contributed by atoms with E-state index in [-0.39, 0.29) is 18.2 Å². The highest BCUT2D eigenvalue weighted by atomic mass is 19.1. The maximum absolute atomic E-state index is 12.7. The fourth-order valence-corrected chi connectivity index (χ4v) is 1.74. The van der Waals surface area contributed by atoms with Crippen LogP contribution in [0.1, 0.15) is 16.8 Å². The van der Waals surface area contributed by atoms with Crippen molar-refractivity contribution in [3.8, 4) is 0 Å². The number of rotatable bonds is 9. The van der Waals surface area contributed by atoms with Crippen LogP contribution in [0.5, 0.6) is 0 Å². The summed E-state index contributed by atoms with van der Waals surface area (Å²) in [5.74, 6) is -0.376. The van der Waals surface area contributed by atoms with E-state index in [9.17, 15) is 9.18 Å². The zero-order chi connectivity index (χ0) is 14.1. The Morgan fingerprint density at radius 2 is 1.95 bits per heavy atom. The molecule has 0 heterocycles. The lowest BCUT2D eigenvalue weighted by Crippen LogP contribution is -2.32. The minimum absolute atomic E-state index is 0.0274. The molecule has 0 aliphatic carbocycles. The number of carbonyl (C=O) groups is 1. The zero-order valence-electron chi connectivity index (χ0n) is 11.1. The Bertz CT molecular complexity index is 381. The molecule has 0 atom stereocenters. The Morgan fingerprint density at radius 3 is 2.53 bits per heavy atom. The number of ketones is 1. The van der Waals surface area contributed by atoms with Crippen LogP contribution in [0, 0.1) is 5.82 Å². The first-order valence-electron chi connectivity index (χ1n) is 6.28. The molecule has 0 saturated carbocycles. The van der Waals surface area contributed by atoms with Gasteiger partial charge in [0.2, 0.25) is 0 Å². The fourth-order valence-electron chi connectivity index (χ4n) is 1.74. The van der Waals surface area contributed by atoms with Gasteiger partial charge in [-0.2, -0.15) is 0 Å². The summed E-state index contributed by atoms with van der Waals surface area (Å²) >= 11 is 0. The van der Waals surface area contributed by atoms with E-state index < -0.39 is 0 Å². The third-order valence-electron chi connectivity index (χ3n) is 2.85. The number of Topliss-reactive ketones (excluding diaryl/α,β-unsaturated/α-hetero) is 1. The normalized spacial score (nSPS) is 10.9. The van der Waals surface area contributed by atoms with Crippen molar-refractivity contribution in [2.24, 2.45) is 0 Å². The van der Waals surface area contributed by atoms with Crippen LogP contribution in [0.4, 0.5) is 4.39 Å². The van der Waals surface area contributed by atoms with Crippen molar-refractivity contribution in [3.05, 3.63) is 35.6 Å². The van der Waals surface area contributed by atoms with E-state index in [4.69, 9.17) is 9.84 Å². The van der Waals surface area contributed by atoms with Crippen LogP contribution in [-0.4, -0.2) is 55.7 Å². The molecule has 19 heavy (non-hydrogen) atoms.